The van der Waals surface area contributed by atoms with Crippen molar-refractivity contribution in [3.05, 3.63) is 29.3 Å². The third kappa shape index (κ3) is 4.72. The van der Waals surface area contributed by atoms with E-state index in [1.165, 1.54) is 17.5 Å². The molecule has 0 spiro atoms. The molecule has 1 aliphatic heterocycles. The lowest BCUT2D eigenvalue weighted by Crippen LogP contribution is -2.28. The largest absolute Gasteiger partial charge is 0.487 e. The summed E-state index contributed by atoms with van der Waals surface area (Å²) in [5.41, 5.74) is 2.72. The van der Waals surface area contributed by atoms with Crippen LogP contribution < -0.4 is 4.74 Å². The van der Waals surface area contributed by atoms with Gasteiger partial charge in [0.15, 0.2) is 0 Å². The SMILES string of the molecule is CC.CCC.CCC1(C)Cc2cc(C)ccc2O1. The molecule has 2 rings (SSSR count). The van der Waals surface area contributed by atoms with E-state index in [1.807, 2.05) is 13.8 Å². The third-order valence-electron chi connectivity index (χ3n) is 2.88. The smallest absolute Gasteiger partial charge is 0.123 e. The van der Waals surface area contributed by atoms with Crippen LogP contribution in [0.4, 0.5) is 0 Å². The van der Waals surface area contributed by atoms with E-state index in [-0.39, 0.29) is 5.60 Å². The fourth-order valence-corrected chi connectivity index (χ4v) is 1.85. The number of fused-ring (bicyclic) bond motifs is 1. The van der Waals surface area contributed by atoms with Crippen LogP contribution in [0.2, 0.25) is 0 Å². The molecule has 0 aliphatic carbocycles. The van der Waals surface area contributed by atoms with E-state index in [0.717, 1.165) is 18.6 Å². The van der Waals surface area contributed by atoms with Crippen molar-refractivity contribution in [2.45, 2.75) is 73.3 Å². The summed E-state index contributed by atoms with van der Waals surface area (Å²) in [6.45, 7) is 14.7. The molecule has 18 heavy (non-hydrogen) atoms. The molecule has 104 valence electrons. The van der Waals surface area contributed by atoms with E-state index < -0.39 is 0 Å². The van der Waals surface area contributed by atoms with Gasteiger partial charge in [-0.25, -0.2) is 0 Å². The van der Waals surface area contributed by atoms with Gasteiger partial charge in [-0.3, -0.25) is 0 Å². The summed E-state index contributed by atoms with van der Waals surface area (Å²) in [7, 11) is 0. The van der Waals surface area contributed by atoms with Gasteiger partial charge in [-0.15, -0.1) is 0 Å². The van der Waals surface area contributed by atoms with Crippen molar-refractivity contribution < 1.29 is 4.74 Å². The highest BCUT2D eigenvalue weighted by Gasteiger charge is 2.32. The van der Waals surface area contributed by atoms with Crippen LogP contribution in [-0.2, 0) is 6.42 Å². The van der Waals surface area contributed by atoms with Gasteiger partial charge in [0.1, 0.15) is 11.4 Å². The molecule has 1 aliphatic rings. The van der Waals surface area contributed by atoms with Crippen LogP contribution in [0.5, 0.6) is 5.75 Å². The number of aryl methyl sites for hydroxylation is 1. The number of benzene rings is 1. The molecule has 1 unspecified atom stereocenters. The lowest BCUT2D eigenvalue weighted by atomic mass is 9.96. The number of rotatable bonds is 1. The maximum atomic E-state index is 5.90. The van der Waals surface area contributed by atoms with Gasteiger partial charge in [-0.1, -0.05) is 58.7 Å². The maximum Gasteiger partial charge on any atom is 0.123 e. The Bertz CT molecular complexity index is 343. The van der Waals surface area contributed by atoms with Crippen molar-refractivity contribution in [1.82, 2.24) is 0 Å². The van der Waals surface area contributed by atoms with Gasteiger partial charge >= 0.3 is 0 Å². The van der Waals surface area contributed by atoms with Crippen molar-refractivity contribution in [1.29, 1.82) is 0 Å². The van der Waals surface area contributed by atoms with Gasteiger partial charge < -0.3 is 4.74 Å². The van der Waals surface area contributed by atoms with E-state index in [2.05, 4.69) is 52.8 Å². The van der Waals surface area contributed by atoms with Gasteiger partial charge in [-0.05, 0) is 31.9 Å². The van der Waals surface area contributed by atoms with Crippen LogP contribution in [-0.4, -0.2) is 5.60 Å². The molecule has 1 heterocycles. The normalized spacial score (nSPS) is 19.7. The summed E-state index contributed by atoms with van der Waals surface area (Å²) < 4.78 is 5.90. The van der Waals surface area contributed by atoms with E-state index in [4.69, 9.17) is 4.74 Å². The zero-order valence-electron chi connectivity index (χ0n) is 13.3. The number of hydrogen-bond acceptors (Lipinski definition) is 1. The molecule has 0 aromatic heterocycles. The van der Waals surface area contributed by atoms with Crippen molar-refractivity contribution >= 4 is 0 Å². The summed E-state index contributed by atoms with van der Waals surface area (Å²) in [5, 5.41) is 0. The molecule has 0 N–H and O–H groups in total. The van der Waals surface area contributed by atoms with Crippen LogP contribution in [0, 0.1) is 6.92 Å². The van der Waals surface area contributed by atoms with E-state index in [0.29, 0.717) is 0 Å². The van der Waals surface area contributed by atoms with Crippen LogP contribution >= 0.6 is 0 Å². The Balaban J connectivity index is 0.000000509. The number of ether oxygens (including phenoxy) is 1. The predicted molar refractivity (Wildman–Crippen MR) is 81.5 cm³/mol. The van der Waals surface area contributed by atoms with Crippen LogP contribution in [0.25, 0.3) is 0 Å². The molecule has 0 radical (unpaired) electrons. The Hall–Kier alpha value is -0.980. The average molecular weight is 250 g/mol. The zero-order valence-corrected chi connectivity index (χ0v) is 13.3. The van der Waals surface area contributed by atoms with E-state index >= 15 is 0 Å². The first-order valence-corrected chi connectivity index (χ1v) is 7.33. The molecule has 0 amide bonds. The molecule has 1 atom stereocenters. The average Bonchev–Trinajstić information content (AvgIpc) is 2.69. The van der Waals surface area contributed by atoms with Gasteiger partial charge in [0.2, 0.25) is 0 Å². The third-order valence-corrected chi connectivity index (χ3v) is 2.88. The molecule has 1 nitrogen and oxygen atoms in total. The van der Waals surface area contributed by atoms with Crippen LogP contribution in [0.15, 0.2) is 18.2 Å². The summed E-state index contributed by atoms with van der Waals surface area (Å²) in [4.78, 5) is 0. The second-order valence-electron chi connectivity index (χ2n) is 4.90. The Kier molecular flexibility index (Phi) is 7.73. The van der Waals surface area contributed by atoms with Crippen molar-refractivity contribution in [2.75, 3.05) is 0 Å². The zero-order chi connectivity index (χ0) is 14.2. The molecular weight excluding hydrogens is 220 g/mol. The lowest BCUT2D eigenvalue weighted by molar-refractivity contribution is 0.112. The molecular formula is C17H30O. The first-order chi connectivity index (χ1) is 8.54. The summed E-state index contributed by atoms with van der Waals surface area (Å²) in [5.74, 6) is 1.08. The first-order valence-electron chi connectivity index (χ1n) is 7.33. The maximum absolute atomic E-state index is 5.90. The topological polar surface area (TPSA) is 9.23 Å². The monoisotopic (exact) mass is 250 g/mol. The molecule has 1 aromatic carbocycles. The highest BCUT2D eigenvalue weighted by atomic mass is 16.5. The van der Waals surface area contributed by atoms with Gasteiger partial charge in [-0.2, -0.15) is 0 Å². The Morgan fingerprint density at radius 1 is 1.17 bits per heavy atom. The van der Waals surface area contributed by atoms with Gasteiger partial charge in [0.05, 0.1) is 0 Å². The second kappa shape index (κ2) is 8.18. The standard InChI is InChI=1S/C12H16O.C3H8.C2H6/c1-4-12(3)8-10-7-9(2)5-6-11(10)13-12;1-3-2;1-2/h5-7H,4,8H2,1-3H3;3H2,1-2H3;1-2H3. The van der Waals surface area contributed by atoms with E-state index in [9.17, 15) is 0 Å². The van der Waals surface area contributed by atoms with Crippen molar-refractivity contribution in [2.24, 2.45) is 0 Å². The van der Waals surface area contributed by atoms with Crippen molar-refractivity contribution in [3.63, 3.8) is 0 Å². The molecule has 0 saturated heterocycles. The van der Waals surface area contributed by atoms with Crippen LogP contribution in [0.3, 0.4) is 0 Å². The quantitative estimate of drug-likeness (QED) is 0.635. The molecule has 1 heteroatoms. The number of hydrogen-bond donors (Lipinski definition) is 0. The second-order valence-corrected chi connectivity index (χ2v) is 4.90. The Morgan fingerprint density at radius 3 is 2.22 bits per heavy atom. The predicted octanol–water partition coefficient (Wildman–Crippen LogP) is 5.54. The fourth-order valence-electron chi connectivity index (χ4n) is 1.85. The molecule has 1 aromatic rings. The minimum atomic E-state index is 0.0378. The fraction of sp³-hybridized carbons (Fsp3) is 0.647. The van der Waals surface area contributed by atoms with Crippen LogP contribution in [0.1, 0.15) is 65.5 Å². The summed E-state index contributed by atoms with van der Waals surface area (Å²) in [6, 6.07) is 6.43. The first kappa shape index (κ1) is 17.0. The molecule has 0 saturated carbocycles. The minimum Gasteiger partial charge on any atom is -0.487 e. The Morgan fingerprint density at radius 2 is 1.72 bits per heavy atom. The molecule has 0 fully saturated rings. The van der Waals surface area contributed by atoms with Gasteiger partial charge in [0, 0.05) is 6.42 Å². The summed E-state index contributed by atoms with van der Waals surface area (Å²) >= 11 is 0. The molecule has 0 bridgehead atoms. The highest BCUT2D eigenvalue weighted by Crippen LogP contribution is 2.36. The minimum absolute atomic E-state index is 0.0378. The van der Waals surface area contributed by atoms with E-state index in [1.54, 1.807) is 0 Å². The lowest BCUT2D eigenvalue weighted by Gasteiger charge is -2.21. The van der Waals surface area contributed by atoms with Gasteiger partial charge in [0.25, 0.3) is 0 Å². The Labute approximate surface area is 114 Å². The summed E-state index contributed by atoms with van der Waals surface area (Å²) in [6.07, 6.45) is 3.38. The van der Waals surface area contributed by atoms with Crippen molar-refractivity contribution in [3.8, 4) is 5.75 Å². The highest BCUT2D eigenvalue weighted by molar-refractivity contribution is 5.41.